The van der Waals surface area contributed by atoms with Crippen LogP contribution in [0.5, 0.6) is 0 Å². The van der Waals surface area contributed by atoms with Gasteiger partial charge < -0.3 is 9.42 Å². The van der Waals surface area contributed by atoms with Crippen LogP contribution in [0, 0.1) is 0 Å². The molecule has 3 heterocycles. The first kappa shape index (κ1) is 18.7. The Morgan fingerprint density at radius 3 is 2.88 bits per heavy atom. The number of carbonyl (C=O) groups excluding carboxylic acids is 1. The summed E-state index contributed by atoms with van der Waals surface area (Å²) < 4.78 is 5.41. The summed E-state index contributed by atoms with van der Waals surface area (Å²) in [5, 5.41) is 4.04. The maximum absolute atomic E-state index is 12.3. The van der Waals surface area contributed by atoms with Gasteiger partial charge in [0.1, 0.15) is 0 Å². The average molecular weight is 368 g/mol. The molecule has 1 atom stereocenters. The predicted octanol–water partition coefficient (Wildman–Crippen LogP) is 1.45. The fourth-order valence-corrected chi connectivity index (χ4v) is 4.35. The van der Waals surface area contributed by atoms with Crippen LogP contribution in [-0.2, 0) is 17.1 Å². The van der Waals surface area contributed by atoms with Crippen LogP contribution in [0.2, 0.25) is 0 Å². The van der Waals surface area contributed by atoms with Crippen molar-refractivity contribution in [3.8, 4) is 0 Å². The zero-order valence-electron chi connectivity index (χ0n) is 15.5. The van der Waals surface area contributed by atoms with Gasteiger partial charge in [-0.1, -0.05) is 5.16 Å². The Bertz CT molecular complexity index is 595. The third-order valence-corrected chi connectivity index (χ3v) is 6.15. The molecule has 0 aliphatic carbocycles. The van der Waals surface area contributed by atoms with Crippen molar-refractivity contribution in [1.29, 1.82) is 0 Å². The fraction of sp³-hybridized carbons (Fsp3) is 0.824. The summed E-state index contributed by atoms with van der Waals surface area (Å²) in [4.78, 5) is 23.6. The van der Waals surface area contributed by atoms with Crippen molar-refractivity contribution in [1.82, 2.24) is 24.8 Å². The molecule has 2 aliphatic heterocycles. The van der Waals surface area contributed by atoms with Gasteiger partial charge >= 0.3 is 0 Å². The molecule has 0 unspecified atom stereocenters. The minimum atomic E-state index is 0.0694. The molecule has 8 heteroatoms. The summed E-state index contributed by atoms with van der Waals surface area (Å²) in [7, 11) is 2.20. The summed E-state index contributed by atoms with van der Waals surface area (Å²) in [5.41, 5.74) is 0.0694. The number of thioether (sulfide) groups is 1. The van der Waals surface area contributed by atoms with E-state index < -0.39 is 0 Å². The first-order chi connectivity index (χ1) is 12.1. The molecule has 1 spiro atoms. The maximum atomic E-state index is 12.3. The molecule has 140 valence electrons. The Hall–Kier alpha value is -1.12. The zero-order valence-corrected chi connectivity index (χ0v) is 16.3. The molecule has 0 N–H and O–H groups in total. The molecule has 0 radical (unpaired) electrons. The molecule has 1 aromatic rings. The SMILES string of the molecule is CCN1CC[C@@]2(CCC1=O)CN(Cc1nc(CSC)no1)CCN2C. The second kappa shape index (κ2) is 8.05. The van der Waals surface area contributed by atoms with E-state index in [-0.39, 0.29) is 5.54 Å². The van der Waals surface area contributed by atoms with Gasteiger partial charge in [0.15, 0.2) is 5.82 Å². The molecule has 0 aromatic carbocycles. The number of amides is 1. The first-order valence-corrected chi connectivity index (χ1v) is 10.5. The molecule has 2 fully saturated rings. The van der Waals surface area contributed by atoms with Crippen molar-refractivity contribution in [2.75, 3.05) is 46.0 Å². The van der Waals surface area contributed by atoms with E-state index in [1.807, 2.05) is 11.2 Å². The minimum absolute atomic E-state index is 0.0694. The van der Waals surface area contributed by atoms with Crippen LogP contribution in [0.15, 0.2) is 4.52 Å². The Morgan fingerprint density at radius 2 is 2.12 bits per heavy atom. The van der Waals surface area contributed by atoms with Gasteiger partial charge in [-0.25, -0.2) is 0 Å². The van der Waals surface area contributed by atoms with Crippen LogP contribution in [0.1, 0.15) is 37.9 Å². The molecule has 2 saturated heterocycles. The molecule has 0 bridgehead atoms. The highest BCUT2D eigenvalue weighted by atomic mass is 32.2. The molecule has 2 aliphatic rings. The number of hydrogen-bond donors (Lipinski definition) is 0. The van der Waals surface area contributed by atoms with Gasteiger partial charge in [-0.2, -0.15) is 16.7 Å². The second-order valence-corrected chi connectivity index (χ2v) is 7.98. The molecule has 1 aromatic heterocycles. The third-order valence-electron chi connectivity index (χ3n) is 5.61. The summed E-state index contributed by atoms with van der Waals surface area (Å²) in [6, 6.07) is 0. The fourth-order valence-electron chi connectivity index (χ4n) is 3.98. The lowest BCUT2D eigenvalue weighted by Crippen LogP contribution is -2.60. The average Bonchev–Trinajstić information content (AvgIpc) is 2.97. The number of hydrogen-bond acceptors (Lipinski definition) is 7. The van der Waals surface area contributed by atoms with E-state index in [1.165, 1.54) is 0 Å². The highest BCUT2D eigenvalue weighted by Gasteiger charge is 2.42. The minimum Gasteiger partial charge on any atom is -0.343 e. The van der Waals surface area contributed by atoms with E-state index in [0.717, 1.165) is 57.1 Å². The summed E-state index contributed by atoms with van der Waals surface area (Å²) in [6.45, 7) is 7.37. The monoisotopic (exact) mass is 367 g/mol. The topological polar surface area (TPSA) is 65.7 Å². The van der Waals surface area contributed by atoms with Crippen molar-refractivity contribution in [3.05, 3.63) is 11.7 Å². The van der Waals surface area contributed by atoms with Crippen molar-refractivity contribution in [2.45, 2.75) is 44.0 Å². The van der Waals surface area contributed by atoms with E-state index in [4.69, 9.17) is 4.52 Å². The number of nitrogens with zero attached hydrogens (tertiary/aromatic N) is 5. The summed E-state index contributed by atoms with van der Waals surface area (Å²) in [6.07, 6.45) is 4.63. The highest BCUT2D eigenvalue weighted by molar-refractivity contribution is 7.97. The maximum Gasteiger partial charge on any atom is 0.240 e. The van der Waals surface area contributed by atoms with Crippen LogP contribution in [0.3, 0.4) is 0 Å². The normalized spacial score (nSPS) is 26.4. The van der Waals surface area contributed by atoms with Crippen molar-refractivity contribution >= 4 is 17.7 Å². The first-order valence-electron chi connectivity index (χ1n) is 9.08. The van der Waals surface area contributed by atoms with Crippen molar-refractivity contribution in [3.63, 3.8) is 0 Å². The largest absolute Gasteiger partial charge is 0.343 e. The van der Waals surface area contributed by atoms with Crippen molar-refractivity contribution < 1.29 is 9.32 Å². The van der Waals surface area contributed by atoms with Gasteiger partial charge in [0.2, 0.25) is 11.8 Å². The third kappa shape index (κ3) is 4.17. The number of rotatable bonds is 5. The Balaban J connectivity index is 1.67. The van der Waals surface area contributed by atoms with E-state index in [2.05, 4.69) is 33.9 Å². The lowest BCUT2D eigenvalue weighted by Gasteiger charge is -2.49. The van der Waals surface area contributed by atoms with Gasteiger partial charge in [-0.15, -0.1) is 0 Å². The molecular formula is C17H29N5O2S. The van der Waals surface area contributed by atoms with Gasteiger partial charge in [0, 0.05) is 44.7 Å². The number of piperazine rings is 1. The van der Waals surface area contributed by atoms with Gasteiger partial charge in [-0.05, 0) is 33.1 Å². The van der Waals surface area contributed by atoms with Crippen LogP contribution in [0.4, 0.5) is 0 Å². The van der Waals surface area contributed by atoms with E-state index >= 15 is 0 Å². The Morgan fingerprint density at radius 1 is 1.28 bits per heavy atom. The van der Waals surface area contributed by atoms with Gasteiger partial charge in [-0.3, -0.25) is 14.6 Å². The summed E-state index contributed by atoms with van der Waals surface area (Å²) >= 11 is 1.69. The van der Waals surface area contributed by atoms with Crippen LogP contribution < -0.4 is 0 Å². The molecular weight excluding hydrogens is 338 g/mol. The van der Waals surface area contributed by atoms with Gasteiger partial charge in [0.05, 0.1) is 12.3 Å². The summed E-state index contributed by atoms with van der Waals surface area (Å²) in [5.74, 6) is 2.54. The molecule has 3 rings (SSSR count). The molecule has 7 nitrogen and oxygen atoms in total. The molecule has 1 amide bonds. The highest BCUT2D eigenvalue weighted by Crippen LogP contribution is 2.32. The molecule has 0 saturated carbocycles. The van der Waals surface area contributed by atoms with Crippen LogP contribution in [-0.4, -0.2) is 82.3 Å². The lowest BCUT2D eigenvalue weighted by atomic mass is 9.86. The number of likely N-dealkylation sites (tertiary alicyclic amines) is 1. The van der Waals surface area contributed by atoms with Crippen LogP contribution in [0.25, 0.3) is 0 Å². The lowest BCUT2D eigenvalue weighted by molar-refractivity contribution is -0.130. The zero-order chi connectivity index (χ0) is 17.9. The van der Waals surface area contributed by atoms with Crippen molar-refractivity contribution in [2.24, 2.45) is 0 Å². The van der Waals surface area contributed by atoms with E-state index in [0.29, 0.717) is 24.8 Å². The van der Waals surface area contributed by atoms with E-state index in [9.17, 15) is 4.79 Å². The quantitative estimate of drug-likeness (QED) is 0.780. The predicted molar refractivity (Wildman–Crippen MR) is 98.3 cm³/mol. The van der Waals surface area contributed by atoms with E-state index in [1.54, 1.807) is 11.8 Å². The number of aromatic nitrogens is 2. The smallest absolute Gasteiger partial charge is 0.240 e. The van der Waals surface area contributed by atoms with Gasteiger partial charge in [0.25, 0.3) is 0 Å². The number of likely N-dealkylation sites (N-methyl/N-ethyl adjacent to an activating group) is 1. The number of carbonyl (C=O) groups is 1. The van der Waals surface area contributed by atoms with Crippen LogP contribution >= 0.6 is 11.8 Å². The standard InChI is InChI=1S/C17H29N5O2S/c1-4-22-8-7-17(6-5-16(22)23)13-21(10-9-20(17)2)11-15-18-14(12-25-3)19-24-15/h4-13H2,1-3H3/t17-/m0/s1. The Labute approximate surface area is 154 Å². The molecule has 25 heavy (non-hydrogen) atoms. The second-order valence-electron chi connectivity index (χ2n) is 7.12. The Kier molecular flexibility index (Phi) is 6.01.